The molecule has 0 saturated carbocycles. The maximum Gasteiger partial charge on any atom is 0.265 e. The third-order valence-corrected chi connectivity index (χ3v) is 4.96. The van der Waals surface area contributed by atoms with Crippen LogP contribution in [0.2, 0.25) is 0 Å². The van der Waals surface area contributed by atoms with Crippen molar-refractivity contribution in [1.82, 2.24) is 0 Å². The average Bonchev–Trinajstić information content (AvgIpc) is 3.10. The molecule has 5 nitrogen and oxygen atoms in total. The zero-order chi connectivity index (χ0) is 17.6. The summed E-state index contributed by atoms with van der Waals surface area (Å²) in [7, 11) is 0. The van der Waals surface area contributed by atoms with Crippen LogP contribution in [0.4, 0.5) is 11.4 Å². The minimum Gasteiger partial charge on any atom is -0.482 e. The van der Waals surface area contributed by atoms with Gasteiger partial charge < -0.3 is 15.0 Å². The first kappa shape index (κ1) is 17.5. The summed E-state index contributed by atoms with van der Waals surface area (Å²) in [6.07, 6.45) is 3.49. The highest BCUT2D eigenvalue weighted by Crippen LogP contribution is 2.34. The average molecular weight is 358 g/mol. The lowest BCUT2D eigenvalue weighted by atomic mass is 10.1. The van der Waals surface area contributed by atoms with Gasteiger partial charge >= 0.3 is 0 Å². The van der Waals surface area contributed by atoms with E-state index in [1.807, 2.05) is 35.7 Å². The number of ether oxygens (including phenoxy) is 1. The van der Waals surface area contributed by atoms with Gasteiger partial charge in [-0.3, -0.25) is 9.59 Å². The number of anilines is 2. The first-order valence-electron chi connectivity index (χ1n) is 8.57. The summed E-state index contributed by atoms with van der Waals surface area (Å²) >= 11 is 1.56. The summed E-state index contributed by atoms with van der Waals surface area (Å²) in [4.78, 5) is 27.2. The van der Waals surface area contributed by atoms with Gasteiger partial charge in [0.1, 0.15) is 5.75 Å². The van der Waals surface area contributed by atoms with Crippen LogP contribution in [0.15, 0.2) is 35.7 Å². The fourth-order valence-electron chi connectivity index (χ4n) is 2.82. The van der Waals surface area contributed by atoms with Gasteiger partial charge in [-0.05, 0) is 36.1 Å². The topological polar surface area (TPSA) is 58.6 Å². The number of hydrogen-bond acceptors (Lipinski definition) is 4. The summed E-state index contributed by atoms with van der Waals surface area (Å²) in [5.74, 6) is 0.584. The Kier molecular flexibility index (Phi) is 5.71. The van der Waals surface area contributed by atoms with Crippen LogP contribution in [-0.2, 0) is 16.0 Å². The zero-order valence-electron chi connectivity index (χ0n) is 14.3. The quantitative estimate of drug-likeness (QED) is 0.765. The van der Waals surface area contributed by atoms with Crippen LogP contribution in [0.5, 0.6) is 5.75 Å². The smallest absolute Gasteiger partial charge is 0.265 e. The second-order valence-corrected chi connectivity index (χ2v) is 7.06. The van der Waals surface area contributed by atoms with E-state index in [4.69, 9.17) is 4.74 Å². The summed E-state index contributed by atoms with van der Waals surface area (Å²) in [6, 6.07) is 9.33. The molecule has 2 aromatic rings. The van der Waals surface area contributed by atoms with Crippen molar-refractivity contribution < 1.29 is 14.3 Å². The van der Waals surface area contributed by atoms with E-state index in [1.165, 1.54) is 0 Å². The van der Waals surface area contributed by atoms with Gasteiger partial charge in [-0.2, -0.15) is 0 Å². The molecule has 1 aromatic carbocycles. The summed E-state index contributed by atoms with van der Waals surface area (Å²) < 4.78 is 5.52. The van der Waals surface area contributed by atoms with E-state index in [1.54, 1.807) is 16.2 Å². The Morgan fingerprint density at radius 1 is 1.32 bits per heavy atom. The third kappa shape index (κ3) is 4.39. The molecule has 0 bridgehead atoms. The molecule has 0 atom stereocenters. The Morgan fingerprint density at radius 2 is 2.20 bits per heavy atom. The molecule has 1 aromatic heterocycles. The Morgan fingerprint density at radius 3 is 2.96 bits per heavy atom. The predicted octanol–water partition coefficient (Wildman–Crippen LogP) is 3.84. The van der Waals surface area contributed by atoms with E-state index in [2.05, 4.69) is 12.2 Å². The lowest BCUT2D eigenvalue weighted by Crippen LogP contribution is -2.39. The van der Waals surface area contributed by atoms with Crippen molar-refractivity contribution in [3.05, 3.63) is 40.6 Å². The van der Waals surface area contributed by atoms with E-state index in [9.17, 15) is 9.59 Å². The summed E-state index contributed by atoms with van der Waals surface area (Å²) in [6.45, 7) is 2.88. The minimum atomic E-state index is -0.0667. The van der Waals surface area contributed by atoms with Crippen molar-refractivity contribution in [1.29, 1.82) is 0 Å². The molecular weight excluding hydrogens is 336 g/mol. The van der Waals surface area contributed by atoms with E-state index in [-0.39, 0.29) is 18.4 Å². The maximum absolute atomic E-state index is 12.2. The molecule has 2 heterocycles. The number of thiophene rings is 1. The van der Waals surface area contributed by atoms with Crippen molar-refractivity contribution >= 4 is 34.5 Å². The fourth-order valence-corrected chi connectivity index (χ4v) is 3.53. The van der Waals surface area contributed by atoms with Gasteiger partial charge in [0.05, 0.1) is 12.1 Å². The number of fused-ring (bicyclic) bond motifs is 1. The van der Waals surface area contributed by atoms with Gasteiger partial charge in [0.2, 0.25) is 5.91 Å². The lowest BCUT2D eigenvalue weighted by molar-refractivity contribution is -0.121. The molecule has 132 valence electrons. The van der Waals surface area contributed by atoms with Gasteiger partial charge in [-0.1, -0.05) is 25.8 Å². The van der Waals surface area contributed by atoms with Crippen molar-refractivity contribution in [2.45, 2.75) is 32.6 Å². The molecular formula is C19H22N2O3S. The van der Waals surface area contributed by atoms with Crippen LogP contribution in [-0.4, -0.2) is 25.0 Å². The number of nitrogens with zero attached hydrogens (tertiary/aromatic N) is 1. The largest absolute Gasteiger partial charge is 0.482 e. The monoisotopic (exact) mass is 358 g/mol. The number of nitrogens with one attached hydrogen (secondary N) is 1. The molecule has 0 unspecified atom stereocenters. The Hall–Kier alpha value is -2.34. The SMILES string of the molecule is CCCCCN1C(=O)COc2ccc(NC(=O)Cc3cccs3)cc21. The van der Waals surface area contributed by atoms with Crippen LogP contribution < -0.4 is 15.0 Å². The number of hydrogen-bond donors (Lipinski definition) is 1. The van der Waals surface area contributed by atoms with Gasteiger partial charge in [-0.25, -0.2) is 0 Å². The number of rotatable bonds is 7. The molecule has 3 rings (SSSR count). The van der Waals surface area contributed by atoms with Crippen molar-refractivity contribution in [3.63, 3.8) is 0 Å². The third-order valence-electron chi connectivity index (χ3n) is 4.09. The van der Waals surface area contributed by atoms with E-state index >= 15 is 0 Å². The second-order valence-electron chi connectivity index (χ2n) is 6.03. The highest BCUT2D eigenvalue weighted by molar-refractivity contribution is 7.10. The Labute approximate surface area is 151 Å². The molecule has 0 radical (unpaired) electrons. The molecule has 0 spiro atoms. The molecule has 1 aliphatic rings. The van der Waals surface area contributed by atoms with Crippen molar-refractivity contribution in [2.75, 3.05) is 23.4 Å². The summed E-state index contributed by atoms with van der Waals surface area (Å²) in [5, 5.41) is 4.86. The molecule has 0 aliphatic carbocycles. The Bertz CT molecular complexity index is 743. The minimum absolute atomic E-state index is 0.0364. The highest BCUT2D eigenvalue weighted by Gasteiger charge is 2.25. The van der Waals surface area contributed by atoms with E-state index in [0.29, 0.717) is 24.4 Å². The number of unbranched alkanes of at least 4 members (excludes halogenated alkanes) is 2. The molecule has 1 N–H and O–H groups in total. The van der Waals surface area contributed by atoms with Gasteiger partial charge in [-0.15, -0.1) is 11.3 Å². The van der Waals surface area contributed by atoms with Crippen LogP contribution in [0.25, 0.3) is 0 Å². The number of amides is 2. The first-order chi connectivity index (χ1) is 12.2. The molecule has 0 fully saturated rings. The van der Waals surface area contributed by atoms with Crippen LogP contribution in [0.1, 0.15) is 31.1 Å². The molecule has 25 heavy (non-hydrogen) atoms. The van der Waals surface area contributed by atoms with Crippen LogP contribution in [0, 0.1) is 0 Å². The van der Waals surface area contributed by atoms with E-state index in [0.717, 1.165) is 29.8 Å². The molecule has 2 amide bonds. The Balaban J connectivity index is 1.72. The zero-order valence-corrected chi connectivity index (χ0v) is 15.1. The summed E-state index contributed by atoms with van der Waals surface area (Å²) in [5.41, 5.74) is 1.42. The standard InChI is InChI=1S/C19H22N2O3S/c1-2-3-4-9-21-16-11-14(7-8-17(16)24-13-19(21)23)20-18(22)12-15-6-5-10-25-15/h5-8,10-11H,2-4,9,12-13H2,1H3,(H,20,22). The van der Waals surface area contributed by atoms with Crippen molar-refractivity contribution in [2.24, 2.45) is 0 Å². The maximum atomic E-state index is 12.2. The van der Waals surface area contributed by atoms with Crippen LogP contribution in [0.3, 0.4) is 0 Å². The number of carbonyl (C=O) groups excluding carboxylic acids is 2. The molecule has 0 saturated heterocycles. The number of benzene rings is 1. The van der Waals surface area contributed by atoms with Gasteiger partial charge in [0.15, 0.2) is 6.61 Å². The fraction of sp³-hybridized carbons (Fsp3) is 0.368. The van der Waals surface area contributed by atoms with Gasteiger partial charge in [0, 0.05) is 17.1 Å². The number of carbonyl (C=O) groups is 2. The first-order valence-corrected chi connectivity index (χ1v) is 9.45. The normalized spacial score (nSPS) is 13.3. The second kappa shape index (κ2) is 8.16. The van der Waals surface area contributed by atoms with Gasteiger partial charge in [0.25, 0.3) is 5.91 Å². The van der Waals surface area contributed by atoms with Crippen molar-refractivity contribution in [3.8, 4) is 5.75 Å². The predicted molar refractivity (Wildman–Crippen MR) is 100 cm³/mol. The van der Waals surface area contributed by atoms with E-state index < -0.39 is 0 Å². The highest BCUT2D eigenvalue weighted by atomic mass is 32.1. The van der Waals surface area contributed by atoms with Crippen LogP contribution >= 0.6 is 11.3 Å². The molecule has 1 aliphatic heterocycles. The lowest BCUT2D eigenvalue weighted by Gasteiger charge is -2.29. The molecule has 6 heteroatoms.